The molecule has 3 rings (SSSR count). The van der Waals surface area contributed by atoms with Crippen LogP contribution in [0.25, 0.3) is 5.65 Å². The second-order valence-electron chi connectivity index (χ2n) is 6.57. The lowest BCUT2D eigenvalue weighted by Gasteiger charge is -2.30. The second-order valence-corrected chi connectivity index (χ2v) is 9.01. The maximum Gasteiger partial charge on any atom is 0.191 e. The van der Waals surface area contributed by atoms with Gasteiger partial charge in [0.1, 0.15) is 5.65 Å². The number of pyridine rings is 1. The first-order valence-corrected chi connectivity index (χ1v) is 10.8. The van der Waals surface area contributed by atoms with Gasteiger partial charge in [-0.3, -0.25) is 9.20 Å². The van der Waals surface area contributed by atoms with Gasteiger partial charge in [0.05, 0.1) is 17.3 Å². The SMILES string of the molecule is CCS(=O)C1CCCC(NC(=NC)NCc2cn3cc(Cl)ccc3n2)C1. The fourth-order valence-corrected chi connectivity index (χ4v) is 4.93. The molecule has 6 nitrogen and oxygen atoms in total. The molecule has 0 spiro atoms. The summed E-state index contributed by atoms with van der Waals surface area (Å²) >= 11 is 6.02. The van der Waals surface area contributed by atoms with Crippen LogP contribution in [0.15, 0.2) is 29.5 Å². The van der Waals surface area contributed by atoms with E-state index in [1.54, 1.807) is 7.05 Å². The van der Waals surface area contributed by atoms with Crippen LogP contribution in [0.2, 0.25) is 5.02 Å². The molecule has 2 aromatic heterocycles. The van der Waals surface area contributed by atoms with Crippen molar-refractivity contribution in [3.63, 3.8) is 0 Å². The van der Waals surface area contributed by atoms with Crippen LogP contribution in [-0.4, -0.2) is 43.6 Å². The Morgan fingerprint density at radius 1 is 1.42 bits per heavy atom. The molecule has 3 unspecified atom stereocenters. The van der Waals surface area contributed by atoms with E-state index >= 15 is 0 Å². The summed E-state index contributed by atoms with van der Waals surface area (Å²) in [5.74, 6) is 1.50. The number of fused-ring (bicyclic) bond motifs is 1. The largest absolute Gasteiger partial charge is 0.354 e. The first kappa shape index (κ1) is 19.2. The molecule has 2 N–H and O–H groups in total. The highest BCUT2D eigenvalue weighted by molar-refractivity contribution is 7.85. The lowest BCUT2D eigenvalue weighted by molar-refractivity contribution is 0.413. The zero-order valence-electron chi connectivity index (χ0n) is 15.2. The molecule has 0 aliphatic heterocycles. The van der Waals surface area contributed by atoms with Crippen LogP contribution < -0.4 is 10.6 Å². The molecular weight excluding hydrogens is 370 g/mol. The number of nitrogens with one attached hydrogen (secondary N) is 2. The van der Waals surface area contributed by atoms with Crippen LogP contribution in [0.5, 0.6) is 0 Å². The predicted molar refractivity (Wildman–Crippen MR) is 108 cm³/mol. The van der Waals surface area contributed by atoms with Crippen molar-refractivity contribution in [2.24, 2.45) is 4.99 Å². The summed E-state index contributed by atoms with van der Waals surface area (Å²) in [7, 11) is 1.05. The lowest BCUT2D eigenvalue weighted by Crippen LogP contribution is -2.46. The van der Waals surface area contributed by atoms with E-state index in [2.05, 4.69) is 20.6 Å². The number of guanidine groups is 1. The number of aromatic nitrogens is 2. The quantitative estimate of drug-likeness (QED) is 0.603. The number of hydrogen-bond donors (Lipinski definition) is 2. The lowest BCUT2D eigenvalue weighted by atomic mass is 9.95. The van der Waals surface area contributed by atoms with Gasteiger partial charge >= 0.3 is 0 Å². The summed E-state index contributed by atoms with van der Waals surface area (Å²) in [5.41, 5.74) is 1.79. The standard InChI is InChI=1S/C18H26ClN5OS/c1-3-26(25)16-6-4-5-14(9-16)23-18(20-2)21-10-15-12-24-11-13(19)7-8-17(24)22-15/h7-8,11-12,14,16H,3-6,9-10H2,1-2H3,(H2,20,21,23). The Bertz CT molecular complexity index is 806. The summed E-state index contributed by atoms with van der Waals surface area (Å²) in [4.78, 5) is 8.89. The van der Waals surface area contributed by atoms with E-state index in [0.29, 0.717) is 22.9 Å². The maximum absolute atomic E-state index is 12.1. The van der Waals surface area contributed by atoms with Gasteiger partial charge < -0.3 is 15.0 Å². The van der Waals surface area contributed by atoms with E-state index in [1.165, 1.54) is 0 Å². The zero-order chi connectivity index (χ0) is 18.5. The van der Waals surface area contributed by atoms with Gasteiger partial charge in [0.25, 0.3) is 0 Å². The van der Waals surface area contributed by atoms with Crippen molar-refractivity contribution in [1.82, 2.24) is 20.0 Å². The number of nitrogens with zero attached hydrogens (tertiary/aromatic N) is 3. The monoisotopic (exact) mass is 395 g/mol. The fourth-order valence-electron chi connectivity index (χ4n) is 3.42. The van der Waals surface area contributed by atoms with Crippen LogP contribution in [0.1, 0.15) is 38.3 Å². The van der Waals surface area contributed by atoms with Crippen molar-refractivity contribution in [3.8, 4) is 0 Å². The average molecular weight is 396 g/mol. The Labute approximate surface area is 161 Å². The van der Waals surface area contributed by atoms with Crippen LogP contribution in [-0.2, 0) is 17.3 Å². The molecule has 0 radical (unpaired) electrons. The second kappa shape index (κ2) is 8.86. The van der Waals surface area contributed by atoms with Crippen LogP contribution in [0, 0.1) is 0 Å². The molecule has 8 heteroatoms. The number of halogens is 1. The molecule has 1 aliphatic rings. The molecule has 0 bridgehead atoms. The molecule has 0 saturated heterocycles. The van der Waals surface area contributed by atoms with Gasteiger partial charge in [-0.2, -0.15) is 0 Å². The van der Waals surface area contributed by atoms with E-state index in [9.17, 15) is 4.21 Å². The molecular formula is C18H26ClN5OS. The summed E-state index contributed by atoms with van der Waals surface area (Å²) in [5, 5.41) is 7.78. The Balaban J connectivity index is 1.56. The van der Waals surface area contributed by atoms with Crippen LogP contribution >= 0.6 is 11.6 Å². The van der Waals surface area contributed by atoms with Crippen LogP contribution in [0.4, 0.5) is 0 Å². The molecule has 0 aromatic carbocycles. The summed E-state index contributed by atoms with van der Waals surface area (Å²) in [6, 6.07) is 4.05. The van der Waals surface area contributed by atoms with E-state index in [4.69, 9.17) is 11.6 Å². The summed E-state index contributed by atoms with van der Waals surface area (Å²) in [6.45, 7) is 2.58. The third kappa shape index (κ3) is 4.76. The first-order chi connectivity index (χ1) is 12.6. The molecule has 1 saturated carbocycles. The Morgan fingerprint density at radius 3 is 3.04 bits per heavy atom. The molecule has 142 valence electrons. The van der Waals surface area contributed by atoms with Crippen molar-refractivity contribution < 1.29 is 4.21 Å². The Hall–Kier alpha value is -1.60. The summed E-state index contributed by atoms with van der Waals surface area (Å²) < 4.78 is 14.0. The zero-order valence-corrected chi connectivity index (χ0v) is 16.8. The van der Waals surface area contributed by atoms with E-state index < -0.39 is 10.8 Å². The molecule has 1 aliphatic carbocycles. The van der Waals surface area contributed by atoms with Gasteiger partial charge in [-0.1, -0.05) is 24.9 Å². The summed E-state index contributed by atoms with van der Waals surface area (Å²) in [6.07, 6.45) is 8.00. The highest BCUT2D eigenvalue weighted by Crippen LogP contribution is 2.23. The van der Waals surface area contributed by atoms with Crippen LogP contribution in [0.3, 0.4) is 0 Å². The number of hydrogen-bond acceptors (Lipinski definition) is 3. The highest BCUT2D eigenvalue weighted by Gasteiger charge is 2.26. The van der Waals surface area contributed by atoms with Gasteiger partial charge in [0.2, 0.25) is 0 Å². The number of aliphatic imine (C=N–C) groups is 1. The van der Waals surface area contributed by atoms with Gasteiger partial charge in [-0.15, -0.1) is 0 Å². The van der Waals surface area contributed by atoms with Crippen molar-refractivity contribution >= 4 is 34.0 Å². The third-order valence-corrected chi connectivity index (χ3v) is 6.71. The fraction of sp³-hybridized carbons (Fsp3) is 0.556. The number of rotatable bonds is 5. The molecule has 1 fully saturated rings. The minimum absolute atomic E-state index is 0.299. The predicted octanol–water partition coefficient (Wildman–Crippen LogP) is 2.73. The average Bonchev–Trinajstić information content (AvgIpc) is 3.06. The van der Waals surface area contributed by atoms with Gasteiger partial charge in [0, 0.05) is 47.3 Å². The van der Waals surface area contributed by atoms with Crippen molar-refractivity contribution in [2.45, 2.75) is 50.4 Å². The van der Waals surface area contributed by atoms with E-state index in [1.807, 2.05) is 35.9 Å². The molecule has 2 heterocycles. The number of imidazole rings is 1. The third-order valence-electron chi connectivity index (χ3n) is 4.75. The topological polar surface area (TPSA) is 70.8 Å². The van der Waals surface area contributed by atoms with Gasteiger partial charge in [-0.05, 0) is 31.4 Å². The molecule has 3 atom stereocenters. The molecule has 26 heavy (non-hydrogen) atoms. The molecule has 2 aromatic rings. The normalized spacial score (nSPS) is 22.3. The Kier molecular flexibility index (Phi) is 6.53. The smallest absolute Gasteiger partial charge is 0.191 e. The first-order valence-electron chi connectivity index (χ1n) is 9.06. The van der Waals surface area contributed by atoms with E-state index in [0.717, 1.165) is 48.7 Å². The van der Waals surface area contributed by atoms with Crippen molar-refractivity contribution in [1.29, 1.82) is 0 Å². The van der Waals surface area contributed by atoms with Gasteiger partial charge in [0.15, 0.2) is 5.96 Å². The maximum atomic E-state index is 12.1. The minimum atomic E-state index is -0.719. The van der Waals surface area contributed by atoms with Crippen molar-refractivity contribution in [2.75, 3.05) is 12.8 Å². The Morgan fingerprint density at radius 2 is 2.27 bits per heavy atom. The van der Waals surface area contributed by atoms with E-state index in [-0.39, 0.29) is 0 Å². The molecule has 0 amide bonds. The van der Waals surface area contributed by atoms with Gasteiger partial charge in [-0.25, -0.2) is 4.98 Å². The highest BCUT2D eigenvalue weighted by atomic mass is 35.5. The van der Waals surface area contributed by atoms with Crippen molar-refractivity contribution in [3.05, 3.63) is 35.2 Å². The minimum Gasteiger partial charge on any atom is -0.354 e.